The van der Waals surface area contributed by atoms with E-state index >= 15 is 0 Å². The second kappa shape index (κ2) is 5.15. The Morgan fingerprint density at radius 3 is 2.89 bits per heavy atom. The fourth-order valence-corrected chi connectivity index (χ4v) is 4.24. The maximum atomic E-state index is 4.82. The minimum Gasteiger partial charge on any atom is -0.316 e. The number of thiazole rings is 1. The van der Waals surface area contributed by atoms with Gasteiger partial charge in [-0.15, -0.1) is 11.3 Å². The topological polar surface area (TPSA) is 28.2 Å². The third-order valence-electron chi connectivity index (χ3n) is 4.47. The zero-order valence-corrected chi connectivity index (χ0v) is 13.1. The number of piperidine rings is 1. The van der Waals surface area contributed by atoms with Crippen LogP contribution in [0.15, 0.2) is 5.38 Å². The molecule has 2 unspecified atom stereocenters. The average Bonchev–Trinajstić information content (AvgIpc) is 2.95. The highest BCUT2D eigenvalue weighted by molar-refractivity contribution is 7.09. The Kier molecular flexibility index (Phi) is 3.67. The molecule has 4 heteroatoms. The number of hydrogen-bond acceptors (Lipinski definition) is 4. The Balaban J connectivity index is 1.61. The van der Waals surface area contributed by atoms with E-state index in [1.54, 1.807) is 0 Å². The van der Waals surface area contributed by atoms with Gasteiger partial charge in [0.05, 0.1) is 12.2 Å². The highest BCUT2D eigenvalue weighted by Crippen LogP contribution is 2.29. The Labute approximate surface area is 120 Å². The van der Waals surface area contributed by atoms with Crippen molar-refractivity contribution < 1.29 is 0 Å². The zero-order chi connectivity index (χ0) is 13.5. The van der Waals surface area contributed by atoms with Crippen molar-refractivity contribution in [3.05, 3.63) is 16.1 Å². The van der Waals surface area contributed by atoms with Crippen LogP contribution in [0, 0.1) is 11.8 Å². The number of hydrogen-bond donors (Lipinski definition) is 1. The van der Waals surface area contributed by atoms with Crippen molar-refractivity contribution >= 4 is 11.3 Å². The summed E-state index contributed by atoms with van der Waals surface area (Å²) in [6.07, 6.45) is 1.36. The fourth-order valence-electron chi connectivity index (χ4n) is 3.17. The van der Waals surface area contributed by atoms with Gasteiger partial charge in [-0.2, -0.15) is 0 Å². The van der Waals surface area contributed by atoms with Gasteiger partial charge >= 0.3 is 0 Å². The molecule has 3 rings (SSSR count). The number of nitrogens with zero attached hydrogens (tertiary/aromatic N) is 2. The molecule has 0 bridgehead atoms. The lowest BCUT2D eigenvalue weighted by atomic mass is 9.89. The molecule has 3 heterocycles. The van der Waals surface area contributed by atoms with Crippen molar-refractivity contribution in [2.24, 2.45) is 11.8 Å². The second-order valence-corrected chi connectivity index (χ2v) is 8.02. The molecule has 2 atom stereocenters. The molecule has 0 spiro atoms. The van der Waals surface area contributed by atoms with E-state index < -0.39 is 0 Å². The van der Waals surface area contributed by atoms with E-state index in [4.69, 9.17) is 4.98 Å². The van der Waals surface area contributed by atoms with Crippen LogP contribution in [-0.4, -0.2) is 36.1 Å². The molecule has 0 radical (unpaired) electrons. The highest BCUT2D eigenvalue weighted by atomic mass is 32.1. The van der Waals surface area contributed by atoms with Crippen LogP contribution in [0.3, 0.4) is 0 Å². The Bertz CT molecular complexity index is 435. The fraction of sp³-hybridized carbons (Fsp3) is 0.800. The van der Waals surface area contributed by atoms with Crippen molar-refractivity contribution in [3.8, 4) is 0 Å². The lowest BCUT2D eigenvalue weighted by molar-refractivity contribution is 0.142. The third-order valence-corrected chi connectivity index (χ3v) is 5.30. The molecule has 2 aliphatic rings. The van der Waals surface area contributed by atoms with Crippen molar-refractivity contribution in [1.82, 2.24) is 15.2 Å². The predicted molar refractivity (Wildman–Crippen MR) is 80.6 cm³/mol. The quantitative estimate of drug-likeness (QED) is 0.901. The van der Waals surface area contributed by atoms with E-state index in [0.717, 1.165) is 18.4 Å². The van der Waals surface area contributed by atoms with E-state index in [9.17, 15) is 0 Å². The maximum absolute atomic E-state index is 4.82. The smallest absolute Gasteiger partial charge is 0.107 e. The normalized spacial score (nSPS) is 28.6. The van der Waals surface area contributed by atoms with Crippen LogP contribution in [0.1, 0.15) is 37.9 Å². The lowest BCUT2D eigenvalue weighted by Crippen LogP contribution is -2.39. The molecule has 3 nitrogen and oxygen atoms in total. The van der Waals surface area contributed by atoms with Crippen LogP contribution < -0.4 is 5.32 Å². The number of fused-ring (bicyclic) bond motifs is 1. The monoisotopic (exact) mass is 279 g/mol. The lowest BCUT2D eigenvalue weighted by Gasteiger charge is -2.33. The molecule has 2 aliphatic heterocycles. The van der Waals surface area contributed by atoms with Crippen LogP contribution in [-0.2, 0) is 12.0 Å². The molecule has 1 aromatic rings. The number of rotatable bonds is 2. The highest BCUT2D eigenvalue weighted by Gasteiger charge is 2.32. The second-order valence-electron chi connectivity index (χ2n) is 7.08. The van der Waals surface area contributed by atoms with Gasteiger partial charge in [-0.05, 0) is 37.9 Å². The summed E-state index contributed by atoms with van der Waals surface area (Å²) < 4.78 is 0. The largest absolute Gasteiger partial charge is 0.316 e. The van der Waals surface area contributed by atoms with Crippen molar-refractivity contribution in [2.45, 2.75) is 39.2 Å². The number of nitrogens with one attached hydrogen (secondary N) is 1. The minimum atomic E-state index is 0.178. The molecule has 2 fully saturated rings. The molecule has 0 aliphatic carbocycles. The van der Waals surface area contributed by atoms with Gasteiger partial charge < -0.3 is 5.32 Å². The van der Waals surface area contributed by atoms with Gasteiger partial charge in [0, 0.05) is 17.3 Å². The molecule has 0 saturated carbocycles. The summed E-state index contributed by atoms with van der Waals surface area (Å²) in [6, 6.07) is 0. The van der Waals surface area contributed by atoms with Gasteiger partial charge in [0.1, 0.15) is 5.01 Å². The summed E-state index contributed by atoms with van der Waals surface area (Å²) in [4.78, 5) is 7.42. The molecule has 0 amide bonds. The summed E-state index contributed by atoms with van der Waals surface area (Å²) in [5, 5.41) is 7.05. The molecular formula is C15H25N3S. The minimum absolute atomic E-state index is 0.178. The van der Waals surface area contributed by atoms with E-state index in [1.165, 1.54) is 43.3 Å². The van der Waals surface area contributed by atoms with Gasteiger partial charge in [0.25, 0.3) is 0 Å². The van der Waals surface area contributed by atoms with Crippen LogP contribution in [0.2, 0.25) is 0 Å². The van der Waals surface area contributed by atoms with Crippen LogP contribution in [0.25, 0.3) is 0 Å². The van der Waals surface area contributed by atoms with Crippen LogP contribution >= 0.6 is 11.3 Å². The molecule has 1 aromatic heterocycles. The standard InChI is InChI=1S/C15H25N3S/c1-15(2,3)13-10-19-14(17-13)9-18-5-4-11-6-16-7-12(11)8-18/h10-12,16H,4-9H2,1-3H3. The van der Waals surface area contributed by atoms with E-state index in [2.05, 4.69) is 36.4 Å². The molecule has 1 N–H and O–H groups in total. The molecule has 19 heavy (non-hydrogen) atoms. The van der Waals surface area contributed by atoms with Crippen LogP contribution in [0.5, 0.6) is 0 Å². The van der Waals surface area contributed by atoms with Gasteiger partial charge in [-0.25, -0.2) is 4.98 Å². The maximum Gasteiger partial charge on any atom is 0.107 e. The summed E-state index contributed by atoms with van der Waals surface area (Å²) in [7, 11) is 0. The number of aromatic nitrogens is 1. The van der Waals surface area contributed by atoms with Gasteiger partial charge in [-0.1, -0.05) is 20.8 Å². The van der Waals surface area contributed by atoms with E-state index in [1.807, 2.05) is 11.3 Å². The van der Waals surface area contributed by atoms with Crippen molar-refractivity contribution in [1.29, 1.82) is 0 Å². The SMILES string of the molecule is CC(C)(C)c1csc(CN2CCC3CNCC3C2)n1. The first kappa shape index (κ1) is 13.5. The van der Waals surface area contributed by atoms with Gasteiger partial charge in [0.2, 0.25) is 0 Å². The summed E-state index contributed by atoms with van der Waals surface area (Å²) in [6.45, 7) is 12.7. The first-order chi connectivity index (χ1) is 9.02. The summed E-state index contributed by atoms with van der Waals surface area (Å²) >= 11 is 1.83. The third kappa shape index (κ3) is 3.01. The molecular weight excluding hydrogens is 254 g/mol. The molecule has 2 saturated heterocycles. The summed E-state index contributed by atoms with van der Waals surface area (Å²) in [5.74, 6) is 1.80. The molecule has 0 aromatic carbocycles. The Morgan fingerprint density at radius 1 is 1.37 bits per heavy atom. The van der Waals surface area contributed by atoms with Gasteiger partial charge in [-0.3, -0.25) is 4.90 Å². The van der Waals surface area contributed by atoms with Crippen molar-refractivity contribution in [3.63, 3.8) is 0 Å². The van der Waals surface area contributed by atoms with E-state index in [0.29, 0.717) is 0 Å². The number of likely N-dealkylation sites (tertiary alicyclic amines) is 1. The first-order valence-electron chi connectivity index (χ1n) is 7.40. The van der Waals surface area contributed by atoms with Crippen LogP contribution in [0.4, 0.5) is 0 Å². The Hall–Kier alpha value is -0.450. The average molecular weight is 279 g/mol. The predicted octanol–water partition coefficient (Wildman–Crippen LogP) is 2.48. The summed E-state index contributed by atoms with van der Waals surface area (Å²) in [5.41, 5.74) is 1.42. The van der Waals surface area contributed by atoms with Crippen molar-refractivity contribution in [2.75, 3.05) is 26.2 Å². The zero-order valence-electron chi connectivity index (χ0n) is 12.3. The van der Waals surface area contributed by atoms with Gasteiger partial charge in [0.15, 0.2) is 0 Å². The van der Waals surface area contributed by atoms with E-state index in [-0.39, 0.29) is 5.41 Å². The molecule has 106 valence electrons. The Morgan fingerprint density at radius 2 is 2.16 bits per heavy atom. The first-order valence-corrected chi connectivity index (χ1v) is 8.28.